The van der Waals surface area contributed by atoms with Crippen LogP contribution >= 0.6 is 0 Å². The number of hydrogen-bond donors (Lipinski definition) is 0. The standard InChI is InChI=1S/C38H36N6O/c1-25-16-17-39-37(20-25)44-33-13-8-7-12-31(33)32-15-14-30(22-34(32)44)45-29-11-9-10-28(21-29)43-24-27(23-40-43)38-35(41(3)4)18-26(2)19-36(38)42(5)6/h7-24H,1-6H3. The first-order valence-electron chi connectivity index (χ1n) is 15.1. The Morgan fingerprint density at radius 1 is 0.667 bits per heavy atom. The van der Waals surface area contributed by atoms with Crippen molar-refractivity contribution in [1.29, 1.82) is 0 Å². The van der Waals surface area contributed by atoms with Gasteiger partial charge < -0.3 is 14.5 Å². The lowest BCUT2D eigenvalue weighted by Crippen LogP contribution is -2.15. The summed E-state index contributed by atoms with van der Waals surface area (Å²) in [6, 6.07) is 31.3. The zero-order chi connectivity index (χ0) is 31.2. The summed E-state index contributed by atoms with van der Waals surface area (Å²) >= 11 is 0. The molecule has 0 bridgehead atoms. The first kappa shape index (κ1) is 28.2. The molecule has 0 aliphatic carbocycles. The van der Waals surface area contributed by atoms with E-state index in [0.29, 0.717) is 0 Å². The average molecular weight is 593 g/mol. The Kier molecular flexibility index (Phi) is 7.01. The van der Waals surface area contributed by atoms with Crippen molar-refractivity contribution >= 4 is 33.2 Å². The van der Waals surface area contributed by atoms with Crippen LogP contribution in [-0.4, -0.2) is 47.5 Å². The maximum atomic E-state index is 6.48. The molecule has 4 aromatic carbocycles. The molecule has 7 rings (SSSR count). The smallest absolute Gasteiger partial charge is 0.137 e. The van der Waals surface area contributed by atoms with Gasteiger partial charge in [-0.1, -0.05) is 24.3 Å². The Morgan fingerprint density at radius 3 is 2.16 bits per heavy atom. The second kappa shape index (κ2) is 11.2. The minimum atomic E-state index is 0.735. The predicted molar refractivity (Wildman–Crippen MR) is 186 cm³/mol. The minimum absolute atomic E-state index is 0.735. The average Bonchev–Trinajstić information content (AvgIpc) is 3.64. The third-order valence-corrected chi connectivity index (χ3v) is 8.17. The highest BCUT2D eigenvalue weighted by molar-refractivity contribution is 6.09. The Bertz CT molecular complexity index is 2160. The van der Waals surface area contributed by atoms with E-state index >= 15 is 0 Å². The summed E-state index contributed by atoms with van der Waals surface area (Å²) in [4.78, 5) is 9.02. The monoisotopic (exact) mass is 592 g/mol. The van der Waals surface area contributed by atoms with Crippen molar-refractivity contribution < 1.29 is 4.74 Å². The molecule has 3 heterocycles. The molecule has 224 valence electrons. The Morgan fingerprint density at radius 2 is 1.40 bits per heavy atom. The van der Waals surface area contributed by atoms with Gasteiger partial charge in [-0.05, 0) is 79.6 Å². The predicted octanol–water partition coefficient (Wildman–Crippen LogP) is 8.57. The summed E-state index contributed by atoms with van der Waals surface area (Å²) in [6.45, 7) is 4.22. The van der Waals surface area contributed by atoms with Crippen LogP contribution in [-0.2, 0) is 0 Å². The summed E-state index contributed by atoms with van der Waals surface area (Å²) in [5.41, 5.74) is 9.98. The molecule has 0 N–H and O–H groups in total. The molecule has 45 heavy (non-hydrogen) atoms. The molecule has 0 unspecified atom stereocenters. The number of nitrogens with zero attached hydrogens (tertiary/aromatic N) is 6. The first-order chi connectivity index (χ1) is 21.8. The van der Waals surface area contributed by atoms with Crippen LogP contribution in [0.3, 0.4) is 0 Å². The molecule has 0 saturated heterocycles. The van der Waals surface area contributed by atoms with Gasteiger partial charge in [-0.25, -0.2) is 9.67 Å². The third-order valence-electron chi connectivity index (χ3n) is 8.17. The van der Waals surface area contributed by atoms with Crippen LogP contribution in [0.4, 0.5) is 11.4 Å². The summed E-state index contributed by atoms with van der Waals surface area (Å²) in [5, 5.41) is 7.11. The van der Waals surface area contributed by atoms with E-state index in [1.165, 1.54) is 10.9 Å². The van der Waals surface area contributed by atoms with Gasteiger partial charge >= 0.3 is 0 Å². The lowest BCUT2D eigenvalue weighted by atomic mass is 10.0. The van der Waals surface area contributed by atoms with Gasteiger partial charge in [-0.15, -0.1) is 0 Å². The Labute approximate surface area is 263 Å². The van der Waals surface area contributed by atoms with Gasteiger partial charge in [0, 0.05) is 86.0 Å². The maximum absolute atomic E-state index is 6.48. The molecule has 7 aromatic rings. The van der Waals surface area contributed by atoms with Gasteiger partial charge in [0.1, 0.15) is 17.3 Å². The molecule has 0 spiro atoms. The molecule has 0 aliphatic rings. The summed E-state index contributed by atoms with van der Waals surface area (Å²) < 4.78 is 10.6. The van der Waals surface area contributed by atoms with Crippen LogP contribution in [0, 0.1) is 13.8 Å². The largest absolute Gasteiger partial charge is 0.457 e. The number of para-hydroxylation sites is 1. The van der Waals surface area contributed by atoms with Crippen LogP contribution in [0.1, 0.15) is 11.1 Å². The van der Waals surface area contributed by atoms with E-state index in [0.717, 1.165) is 67.5 Å². The minimum Gasteiger partial charge on any atom is -0.457 e. The molecule has 7 nitrogen and oxygen atoms in total. The number of benzene rings is 4. The van der Waals surface area contributed by atoms with E-state index in [1.807, 2.05) is 53.5 Å². The molecular formula is C38H36N6O. The highest BCUT2D eigenvalue weighted by Gasteiger charge is 2.18. The van der Waals surface area contributed by atoms with Gasteiger partial charge in [0.05, 0.1) is 22.9 Å². The van der Waals surface area contributed by atoms with E-state index in [-0.39, 0.29) is 0 Å². The topological polar surface area (TPSA) is 51.4 Å². The number of ether oxygens (including phenoxy) is 1. The maximum Gasteiger partial charge on any atom is 0.137 e. The number of aryl methyl sites for hydroxylation is 2. The highest BCUT2D eigenvalue weighted by atomic mass is 16.5. The zero-order valence-electron chi connectivity index (χ0n) is 26.5. The van der Waals surface area contributed by atoms with Gasteiger partial charge in [-0.2, -0.15) is 5.10 Å². The third kappa shape index (κ3) is 5.16. The highest BCUT2D eigenvalue weighted by Crippen LogP contribution is 2.40. The van der Waals surface area contributed by atoms with Crippen LogP contribution in [0.25, 0.3) is 44.4 Å². The van der Waals surface area contributed by atoms with E-state index in [1.54, 1.807) is 0 Å². The molecule has 0 saturated carbocycles. The Hall–Kier alpha value is -5.56. The number of anilines is 2. The summed E-state index contributed by atoms with van der Waals surface area (Å²) in [5.74, 6) is 2.38. The normalized spacial score (nSPS) is 11.3. The van der Waals surface area contributed by atoms with E-state index < -0.39 is 0 Å². The lowest BCUT2D eigenvalue weighted by molar-refractivity contribution is 0.483. The van der Waals surface area contributed by atoms with Gasteiger partial charge in [0.2, 0.25) is 0 Å². The summed E-state index contributed by atoms with van der Waals surface area (Å²) in [7, 11) is 8.32. The SMILES string of the molecule is Cc1ccnc(-n2c3ccccc3c3ccc(Oc4cccc(-n5cc(-c6c(N(C)C)cc(C)cc6N(C)C)cn5)c4)cc32)c1. The fourth-order valence-electron chi connectivity index (χ4n) is 6.07. The van der Waals surface area contributed by atoms with Crippen molar-refractivity contribution in [2.75, 3.05) is 38.0 Å². The van der Waals surface area contributed by atoms with Crippen molar-refractivity contribution in [3.63, 3.8) is 0 Å². The van der Waals surface area contributed by atoms with E-state index in [2.05, 4.69) is 117 Å². The van der Waals surface area contributed by atoms with Crippen molar-refractivity contribution in [3.8, 4) is 34.1 Å². The lowest BCUT2D eigenvalue weighted by Gasteiger charge is -2.24. The fourth-order valence-corrected chi connectivity index (χ4v) is 6.07. The van der Waals surface area contributed by atoms with Crippen LogP contribution in [0.5, 0.6) is 11.5 Å². The second-order valence-electron chi connectivity index (χ2n) is 12.0. The van der Waals surface area contributed by atoms with Crippen molar-refractivity contribution in [2.45, 2.75) is 13.8 Å². The van der Waals surface area contributed by atoms with E-state index in [4.69, 9.17) is 14.8 Å². The van der Waals surface area contributed by atoms with Gasteiger partial charge in [0.25, 0.3) is 0 Å². The van der Waals surface area contributed by atoms with Crippen molar-refractivity contribution in [2.24, 2.45) is 0 Å². The molecule has 0 amide bonds. The summed E-state index contributed by atoms with van der Waals surface area (Å²) in [6.07, 6.45) is 5.88. The number of fused-ring (bicyclic) bond motifs is 3. The molecule has 0 radical (unpaired) electrons. The fraction of sp³-hybridized carbons (Fsp3) is 0.158. The van der Waals surface area contributed by atoms with E-state index in [9.17, 15) is 0 Å². The number of hydrogen-bond acceptors (Lipinski definition) is 5. The second-order valence-corrected chi connectivity index (χ2v) is 12.0. The molecule has 7 heteroatoms. The molecule has 0 atom stereocenters. The number of aromatic nitrogens is 4. The zero-order valence-corrected chi connectivity index (χ0v) is 26.5. The van der Waals surface area contributed by atoms with Crippen molar-refractivity contribution in [1.82, 2.24) is 19.3 Å². The number of rotatable bonds is 7. The molecule has 3 aromatic heterocycles. The Balaban J connectivity index is 1.25. The van der Waals surface area contributed by atoms with Crippen LogP contribution in [0.15, 0.2) is 110 Å². The van der Waals surface area contributed by atoms with Crippen LogP contribution < -0.4 is 14.5 Å². The van der Waals surface area contributed by atoms with Crippen LogP contribution in [0.2, 0.25) is 0 Å². The van der Waals surface area contributed by atoms with Crippen molar-refractivity contribution in [3.05, 3.63) is 121 Å². The van der Waals surface area contributed by atoms with Gasteiger partial charge in [-0.3, -0.25) is 4.57 Å². The number of pyridine rings is 1. The first-order valence-corrected chi connectivity index (χ1v) is 15.1. The molecule has 0 fully saturated rings. The molecular weight excluding hydrogens is 556 g/mol. The molecule has 0 aliphatic heterocycles. The van der Waals surface area contributed by atoms with Gasteiger partial charge in [0.15, 0.2) is 0 Å². The quantitative estimate of drug-likeness (QED) is 0.186.